The number of hydrogen-bond acceptors (Lipinski definition) is 3. The van der Waals surface area contributed by atoms with E-state index in [-0.39, 0.29) is 16.5 Å². The normalized spacial score (nSPS) is 12.0. The lowest BCUT2D eigenvalue weighted by Gasteiger charge is -2.17. The fraction of sp³-hybridized carbons (Fsp3) is 0.158. The van der Waals surface area contributed by atoms with Crippen molar-refractivity contribution in [2.45, 2.75) is 19.4 Å². The quantitative estimate of drug-likeness (QED) is 0.454. The van der Waals surface area contributed by atoms with Gasteiger partial charge in [0, 0.05) is 29.9 Å². The highest BCUT2D eigenvalue weighted by Crippen LogP contribution is 2.29. The first-order valence-corrected chi connectivity index (χ1v) is 8.52. The number of carbonyl (C=O) groups excluding carboxylic acids is 1. The van der Waals surface area contributed by atoms with E-state index >= 15 is 0 Å². The van der Waals surface area contributed by atoms with Gasteiger partial charge in [-0.15, -0.1) is 0 Å². The lowest BCUT2D eigenvalue weighted by atomic mass is 10.00. The van der Waals surface area contributed by atoms with Crippen molar-refractivity contribution in [3.05, 3.63) is 82.4 Å². The molecule has 0 aliphatic carbocycles. The van der Waals surface area contributed by atoms with Crippen LogP contribution >= 0.6 is 23.2 Å². The van der Waals surface area contributed by atoms with Crippen LogP contribution in [0.1, 0.15) is 28.8 Å². The second kappa shape index (κ2) is 7.72. The number of benzene rings is 2. The Kier molecular flexibility index (Phi) is 5.41. The number of aromatic nitrogens is 2. The molecular formula is C19H16Cl2N2O2. The summed E-state index contributed by atoms with van der Waals surface area (Å²) < 4.78 is 7.59. The second-order valence-electron chi connectivity index (χ2n) is 5.71. The van der Waals surface area contributed by atoms with Crippen molar-refractivity contribution in [3.63, 3.8) is 0 Å². The van der Waals surface area contributed by atoms with Crippen LogP contribution in [0.15, 0.2) is 61.2 Å². The van der Waals surface area contributed by atoms with Crippen LogP contribution in [0.3, 0.4) is 0 Å². The average molecular weight is 375 g/mol. The zero-order chi connectivity index (χ0) is 17.8. The fourth-order valence-electron chi connectivity index (χ4n) is 2.60. The molecule has 3 aromatic rings. The van der Waals surface area contributed by atoms with Gasteiger partial charge in [-0.25, -0.2) is 9.78 Å². The molecule has 4 nitrogen and oxygen atoms in total. The fourth-order valence-corrected chi connectivity index (χ4v) is 3.09. The maximum Gasteiger partial charge on any atom is 0.345 e. The second-order valence-corrected chi connectivity index (χ2v) is 6.56. The van der Waals surface area contributed by atoms with Gasteiger partial charge in [0.1, 0.15) is 5.75 Å². The van der Waals surface area contributed by atoms with E-state index in [9.17, 15) is 4.79 Å². The third-order valence-electron chi connectivity index (χ3n) is 3.85. The Balaban J connectivity index is 1.82. The molecule has 1 atom stereocenters. The zero-order valence-electron chi connectivity index (χ0n) is 13.5. The number of imidazole rings is 1. The molecular weight excluding hydrogens is 359 g/mol. The molecule has 25 heavy (non-hydrogen) atoms. The Morgan fingerprint density at radius 2 is 2.04 bits per heavy atom. The van der Waals surface area contributed by atoms with E-state index in [1.165, 1.54) is 6.07 Å². The molecule has 0 spiro atoms. The molecule has 0 saturated heterocycles. The number of para-hydroxylation sites is 1. The third kappa shape index (κ3) is 4.21. The SMILES string of the molecule is CC(Cn1ccnc1)c1ccccc1OC(=O)c1ccc(Cl)cc1Cl. The van der Waals surface area contributed by atoms with Crippen LogP contribution in [0.2, 0.25) is 10.0 Å². The summed E-state index contributed by atoms with van der Waals surface area (Å²) in [5.41, 5.74) is 1.22. The van der Waals surface area contributed by atoms with Crippen molar-refractivity contribution in [3.8, 4) is 5.75 Å². The molecule has 1 aromatic heterocycles. The molecule has 6 heteroatoms. The molecule has 0 radical (unpaired) electrons. The maximum absolute atomic E-state index is 12.5. The number of esters is 1. The van der Waals surface area contributed by atoms with Crippen molar-refractivity contribution in [1.82, 2.24) is 9.55 Å². The molecule has 0 fully saturated rings. The monoisotopic (exact) mass is 374 g/mol. The minimum atomic E-state index is -0.510. The highest BCUT2D eigenvalue weighted by molar-refractivity contribution is 6.36. The number of hydrogen-bond donors (Lipinski definition) is 0. The Hall–Kier alpha value is -2.30. The molecule has 2 aromatic carbocycles. The molecule has 0 amide bonds. The minimum Gasteiger partial charge on any atom is -0.423 e. The van der Waals surface area contributed by atoms with Gasteiger partial charge in [0.15, 0.2) is 0 Å². The molecule has 3 rings (SSSR count). The first-order chi connectivity index (χ1) is 12.0. The molecule has 0 bridgehead atoms. The van der Waals surface area contributed by atoms with E-state index in [1.807, 2.05) is 29.0 Å². The molecule has 0 saturated carbocycles. The van der Waals surface area contributed by atoms with Gasteiger partial charge in [-0.2, -0.15) is 0 Å². The van der Waals surface area contributed by atoms with Crippen LogP contribution in [0, 0.1) is 0 Å². The minimum absolute atomic E-state index is 0.138. The van der Waals surface area contributed by atoms with Crippen molar-refractivity contribution in [2.75, 3.05) is 0 Å². The first-order valence-electron chi connectivity index (χ1n) is 7.76. The van der Waals surface area contributed by atoms with Crippen LogP contribution < -0.4 is 4.74 Å². The van der Waals surface area contributed by atoms with E-state index in [0.29, 0.717) is 10.8 Å². The van der Waals surface area contributed by atoms with Crippen molar-refractivity contribution < 1.29 is 9.53 Å². The number of rotatable bonds is 5. The van der Waals surface area contributed by atoms with E-state index in [2.05, 4.69) is 11.9 Å². The molecule has 128 valence electrons. The number of ether oxygens (including phenoxy) is 1. The van der Waals surface area contributed by atoms with E-state index in [0.717, 1.165) is 12.1 Å². The predicted molar refractivity (Wildman–Crippen MR) is 98.5 cm³/mol. The van der Waals surface area contributed by atoms with Gasteiger partial charge >= 0.3 is 5.97 Å². The lowest BCUT2D eigenvalue weighted by molar-refractivity contribution is 0.0732. The topological polar surface area (TPSA) is 44.1 Å². The van der Waals surface area contributed by atoms with Gasteiger partial charge < -0.3 is 9.30 Å². The first kappa shape index (κ1) is 17.5. The largest absolute Gasteiger partial charge is 0.423 e. The summed E-state index contributed by atoms with van der Waals surface area (Å²) in [5.74, 6) is 0.147. The molecule has 0 aliphatic heterocycles. The summed E-state index contributed by atoms with van der Waals surface area (Å²) in [6, 6.07) is 12.2. The lowest BCUT2D eigenvalue weighted by Crippen LogP contribution is -2.12. The Labute approximate surface area is 156 Å². The summed E-state index contributed by atoms with van der Waals surface area (Å²) in [5, 5.41) is 0.734. The van der Waals surface area contributed by atoms with Crippen LogP contribution in [0.4, 0.5) is 0 Å². The highest BCUT2D eigenvalue weighted by atomic mass is 35.5. The predicted octanol–water partition coefficient (Wildman–Crippen LogP) is 5.21. The summed E-state index contributed by atoms with van der Waals surface area (Å²) in [6.45, 7) is 2.80. The van der Waals surface area contributed by atoms with E-state index < -0.39 is 5.97 Å². The van der Waals surface area contributed by atoms with Gasteiger partial charge in [-0.1, -0.05) is 48.3 Å². The van der Waals surface area contributed by atoms with Gasteiger partial charge in [-0.05, 0) is 29.8 Å². The average Bonchev–Trinajstić information content (AvgIpc) is 3.08. The molecule has 0 aliphatic rings. The van der Waals surface area contributed by atoms with Gasteiger partial charge in [-0.3, -0.25) is 0 Å². The van der Waals surface area contributed by atoms with E-state index in [4.69, 9.17) is 27.9 Å². The molecule has 1 unspecified atom stereocenters. The summed E-state index contributed by atoms with van der Waals surface area (Å²) >= 11 is 12.0. The van der Waals surface area contributed by atoms with Gasteiger partial charge in [0.05, 0.1) is 16.9 Å². The number of halogens is 2. The number of carbonyl (C=O) groups is 1. The molecule has 0 N–H and O–H groups in total. The Morgan fingerprint density at radius 3 is 2.76 bits per heavy atom. The smallest absolute Gasteiger partial charge is 0.345 e. The van der Waals surface area contributed by atoms with Crippen molar-refractivity contribution >= 4 is 29.2 Å². The van der Waals surface area contributed by atoms with Crippen LogP contribution in [-0.4, -0.2) is 15.5 Å². The van der Waals surface area contributed by atoms with Gasteiger partial charge in [0.2, 0.25) is 0 Å². The van der Waals surface area contributed by atoms with Crippen LogP contribution in [0.25, 0.3) is 0 Å². The highest BCUT2D eigenvalue weighted by Gasteiger charge is 2.17. The van der Waals surface area contributed by atoms with Crippen LogP contribution in [-0.2, 0) is 6.54 Å². The number of nitrogens with zero attached hydrogens (tertiary/aromatic N) is 2. The van der Waals surface area contributed by atoms with Gasteiger partial charge in [0.25, 0.3) is 0 Å². The Bertz CT molecular complexity index is 879. The summed E-state index contributed by atoms with van der Waals surface area (Å²) in [7, 11) is 0. The zero-order valence-corrected chi connectivity index (χ0v) is 15.0. The van der Waals surface area contributed by atoms with Crippen molar-refractivity contribution in [2.24, 2.45) is 0 Å². The third-order valence-corrected chi connectivity index (χ3v) is 4.40. The van der Waals surface area contributed by atoms with Crippen LogP contribution in [0.5, 0.6) is 5.75 Å². The Morgan fingerprint density at radius 1 is 1.24 bits per heavy atom. The molecule has 1 heterocycles. The summed E-state index contributed by atoms with van der Waals surface area (Å²) in [6.07, 6.45) is 5.40. The van der Waals surface area contributed by atoms with Crippen molar-refractivity contribution in [1.29, 1.82) is 0 Å². The standard InChI is InChI=1S/C19H16Cl2N2O2/c1-13(11-23-9-8-22-12-23)15-4-2-3-5-18(15)25-19(24)16-7-6-14(20)10-17(16)21/h2-10,12-13H,11H2,1H3. The van der Waals surface area contributed by atoms with E-state index in [1.54, 1.807) is 30.7 Å². The maximum atomic E-state index is 12.5. The summed E-state index contributed by atoms with van der Waals surface area (Å²) in [4.78, 5) is 16.5.